The van der Waals surface area contributed by atoms with Gasteiger partial charge in [0, 0.05) is 13.1 Å². The quantitative estimate of drug-likeness (QED) is 0.467. The second kappa shape index (κ2) is 5.47. The first-order valence-corrected chi connectivity index (χ1v) is 4.23. The molecule has 0 spiro atoms. The number of nitrogens with two attached hydrogens (primary N) is 1. The molecular weight excluding hydrogens is 188 g/mol. The predicted octanol–water partition coefficient (Wildman–Crippen LogP) is -2.50. The summed E-state index contributed by atoms with van der Waals surface area (Å²) in [6, 6.07) is 0. The van der Waals surface area contributed by atoms with Crippen LogP contribution in [0.2, 0.25) is 0 Å². The molecule has 14 heavy (non-hydrogen) atoms. The van der Waals surface area contributed by atoms with Crippen LogP contribution in [-0.4, -0.2) is 61.6 Å². The molecule has 0 aliphatic heterocycles. The lowest BCUT2D eigenvalue weighted by Crippen LogP contribution is -2.32. The maximum Gasteiger partial charge on any atom is 0.241 e. The van der Waals surface area contributed by atoms with Crippen molar-refractivity contribution in [3.05, 3.63) is 0 Å². The lowest BCUT2D eigenvalue weighted by Gasteiger charge is -2.19. The van der Waals surface area contributed by atoms with Crippen LogP contribution in [0.25, 0.3) is 0 Å². The monoisotopic (exact) mass is 202 g/mol. The molecule has 1 aromatic heterocycles. The van der Waals surface area contributed by atoms with Gasteiger partial charge in [-0.2, -0.15) is 4.68 Å². The minimum Gasteiger partial charge on any atom is -0.395 e. The number of hydrogen-bond acceptors (Lipinski definition) is 7. The van der Waals surface area contributed by atoms with Gasteiger partial charge in [0.2, 0.25) is 5.95 Å². The predicted molar refractivity (Wildman–Crippen MR) is 48.0 cm³/mol. The Morgan fingerprint density at radius 3 is 2.36 bits per heavy atom. The molecule has 1 aromatic rings. The van der Waals surface area contributed by atoms with Crippen molar-refractivity contribution in [3.8, 4) is 0 Å². The molecule has 0 bridgehead atoms. The Morgan fingerprint density at radius 1 is 1.29 bits per heavy atom. The van der Waals surface area contributed by atoms with Crippen molar-refractivity contribution in [1.82, 2.24) is 25.1 Å². The van der Waals surface area contributed by atoms with E-state index in [1.165, 1.54) is 4.68 Å². The molecule has 8 heteroatoms. The number of aliphatic hydroxyl groups excluding tert-OH is 2. The van der Waals surface area contributed by atoms with Crippen molar-refractivity contribution in [3.63, 3.8) is 0 Å². The van der Waals surface area contributed by atoms with Crippen LogP contribution in [0.4, 0.5) is 5.95 Å². The highest BCUT2D eigenvalue weighted by Gasteiger charge is 2.07. The molecule has 80 valence electrons. The molecule has 0 aliphatic carbocycles. The number of hydrogen-bond donors (Lipinski definition) is 3. The fourth-order valence-corrected chi connectivity index (χ4v) is 1.04. The van der Waals surface area contributed by atoms with Crippen molar-refractivity contribution in [2.45, 2.75) is 6.67 Å². The van der Waals surface area contributed by atoms with Gasteiger partial charge in [0.05, 0.1) is 19.9 Å². The van der Waals surface area contributed by atoms with E-state index in [4.69, 9.17) is 15.9 Å². The number of aliphatic hydroxyl groups is 2. The molecule has 4 N–H and O–H groups in total. The molecular formula is C6H14N6O2. The number of nitrogens with zero attached hydrogens (tertiary/aromatic N) is 5. The molecule has 0 amide bonds. The summed E-state index contributed by atoms with van der Waals surface area (Å²) in [6.45, 7) is 1.28. The zero-order chi connectivity index (χ0) is 10.4. The third-order valence-corrected chi connectivity index (χ3v) is 1.73. The lowest BCUT2D eigenvalue weighted by molar-refractivity contribution is 0.129. The summed E-state index contributed by atoms with van der Waals surface area (Å²) in [6.07, 6.45) is 0. The number of anilines is 1. The van der Waals surface area contributed by atoms with Crippen LogP contribution in [0.1, 0.15) is 0 Å². The van der Waals surface area contributed by atoms with Crippen LogP contribution in [-0.2, 0) is 6.67 Å². The fourth-order valence-electron chi connectivity index (χ4n) is 1.04. The highest BCUT2D eigenvalue weighted by Crippen LogP contribution is 1.96. The van der Waals surface area contributed by atoms with Crippen molar-refractivity contribution in [2.24, 2.45) is 0 Å². The molecule has 0 aliphatic rings. The van der Waals surface area contributed by atoms with E-state index in [-0.39, 0.29) is 19.2 Å². The lowest BCUT2D eigenvalue weighted by atomic mass is 10.5. The van der Waals surface area contributed by atoms with Crippen molar-refractivity contribution < 1.29 is 10.2 Å². The first kappa shape index (κ1) is 10.8. The first-order chi connectivity index (χ1) is 6.77. The number of rotatable bonds is 6. The van der Waals surface area contributed by atoms with Crippen molar-refractivity contribution in [1.29, 1.82) is 0 Å². The highest BCUT2D eigenvalue weighted by molar-refractivity contribution is 5.09. The Morgan fingerprint density at radius 2 is 1.93 bits per heavy atom. The van der Waals surface area contributed by atoms with E-state index in [1.54, 1.807) is 4.90 Å². The third kappa shape index (κ3) is 2.91. The molecule has 0 atom stereocenters. The van der Waals surface area contributed by atoms with E-state index in [0.29, 0.717) is 19.8 Å². The molecule has 0 unspecified atom stereocenters. The van der Waals surface area contributed by atoms with Crippen molar-refractivity contribution >= 4 is 5.95 Å². The van der Waals surface area contributed by atoms with Crippen LogP contribution >= 0.6 is 0 Å². The Balaban J connectivity index is 2.50. The zero-order valence-corrected chi connectivity index (χ0v) is 7.74. The topological polar surface area (TPSA) is 113 Å². The maximum absolute atomic E-state index is 8.75. The van der Waals surface area contributed by atoms with Gasteiger partial charge < -0.3 is 15.9 Å². The summed E-state index contributed by atoms with van der Waals surface area (Å²) in [5, 5.41) is 28.0. The molecule has 0 saturated carbocycles. The minimum absolute atomic E-state index is 0.0159. The Hall–Kier alpha value is -1.25. The smallest absolute Gasteiger partial charge is 0.241 e. The molecule has 1 rings (SSSR count). The third-order valence-electron chi connectivity index (χ3n) is 1.73. The Labute approximate surface area is 80.9 Å². The van der Waals surface area contributed by atoms with E-state index in [2.05, 4.69) is 15.5 Å². The molecule has 0 radical (unpaired) electrons. The second-order valence-electron chi connectivity index (χ2n) is 2.74. The van der Waals surface area contributed by atoms with Crippen LogP contribution in [0, 0.1) is 0 Å². The Kier molecular flexibility index (Phi) is 4.23. The van der Waals surface area contributed by atoms with Gasteiger partial charge in [-0.05, 0) is 10.4 Å². The van der Waals surface area contributed by atoms with Gasteiger partial charge >= 0.3 is 0 Å². The number of tetrazole rings is 1. The minimum atomic E-state index is 0.0159. The Bertz CT molecular complexity index is 259. The van der Waals surface area contributed by atoms with Gasteiger partial charge in [-0.3, -0.25) is 4.90 Å². The van der Waals surface area contributed by atoms with Gasteiger partial charge in [0.15, 0.2) is 0 Å². The van der Waals surface area contributed by atoms with E-state index in [1.807, 2.05) is 0 Å². The summed E-state index contributed by atoms with van der Waals surface area (Å²) in [7, 11) is 0. The molecule has 0 saturated heterocycles. The molecule has 0 fully saturated rings. The highest BCUT2D eigenvalue weighted by atomic mass is 16.3. The van der Waals surface area contributed by atoms with Gasteiger partial charge in [-0.15, -0.1) is 0 Å². The summed E-state index contributed by atoms with van der Waals surface area (Å²) < 4.78 is 1.39. The van der Waals surface area contributed by atoms with E-state index >= 15 is 0 Å². The van der Waals surface area contributed by atoms with Crippen LogP contribution < -0.4 is 5.73 Å². The van der Waals surface area contributed by atoms with Gasteiger partial charge in [0.25, 0.3) is 0 Å². The van der Waals surface area contributed by atoms with E-state index in [0.717, 1.165) is 0 Å². The fraction of sp³-hybridized carbons (Fsp3) is 0.833. The largest absolute Gasteiger partial charge is 0.395 e. The average molecular weight is 202 g/mol. The summed E-state index contributed by atoms with van der Waals surface area (Å²) in [4.78, 5) is 1.78. The zero-order valence-electron chi connectivity index (χ0n) is 7.74. The van der Waals surface area contributed by atoms with Gasteiger partial charge in [0.1, 0.15) is 0 Å². The van der Waals surface area contributed by atoms with Crippen molar-refractivity contribution in [2.75, 3.05) is 32.0 Å². The van der Waals surface area contributed by atoms with E-state index in [9.17, 15) is 0 Å². The van der Waals surface area contributed by atoms with Gasteiger partial charge in [-0.1, -0.05) is 5.10 Å². The maximum atomic E-state index is 8.75. The van der Waals surface area contributed by atoms with Crippen LogP contribution in [0.5, 0.6) is 0 Å². The SMILES string of the molecule is Nc1nnnn1CN(CCO)CCO. The summed E-state index contributed by atoms with van der Waals surface area (Å²) >= 11 is 0. The van der Waals surface area contributed by atoms with Crippen LogP contribution in [0.15, 0.2) is 0 Å². The first-order valence-electron chi connectivity index (χ1n) is 4.23. The molecule has 8 nitrogen and oxygen atoms in total. The second-order valence-corrected chi connectivity index (χ2v) is 2.74. The van der Waals surface area contributed by atoms with E-state index < -0.39 is 0 Å². The summed E-state index contributed by atoms with van der Waals surface area (Å²) in [5.41, 5.74) is 5.46. The normalized spacial score (nSPS) is 11.1. The van der Waals surface area contributed by atoms with Gasteiger partial charge in [-0.25, -0.2) is 0 Å². The standard InChI is InChI=1S/C6H14N6O2/c7-6-8-9-10-12(6)5-11(1-3-13)2-4-14/h13-14H,1-5H2,(H2,7,8,10). The number of aromatic nitrogens is 4. The summed E-state index contributed by atoms with van der Waals surface area (Å²) in [5.74, 6) is 0.214. The number of nitrogen functional groups attached to an aromatic ring is 1. The average Bonchev–Trinajstić information content (AvgIpc) is 2.53. The molecule has 1 heterocycles. The molecule has 0 aromatic carbocycles. The van der Waals surface area contributed by atoms with Crippen LogP contribution in [0.3, 0.4) is 0 Å².